The summed E-state index contributed by atoms with van der Waals surface area (Å²) in [6.45, 7) is 9.81. The van der Waals surface area contributed by atoms with Gasteiger partial charge in [0.15, 0.2) is 0 Å². The highest BCUT2D eigenvalue weighted by Crippen LogP contribution is 2.41. The smallest absolute Gasteiger partial charge is 0.255 e. The number of nitrogens with zero attached hydrogens (tertiary/aromatic N) is 2. The maximum Gasteiger partial charge on any atom is 0.255 e. The predicted octanol–water partition coefficient (Wildman–Crippen LogP) is 3.53. The fourth-order valence-corrected chi connectivity index (χ4v) is 4.43. The van der Waals surface area contributed by atoms with Crippen molar-refractivity contribution in [1.29, 1.82) is 0 Å². The zero-order chi connectivity index (χ0) is 16.9. The molecule has 1 aliphatic heterocycles. The van der Waals surface area contributed by atoms with Crippen molar-refractivity contribution >= 4 is 0 Å². The van der Waals surface area contributed by atoms with Crippen LogP contribution in [-0.4, -0.2) is 28.0 Å². The molecule has 4 nitrogen and oxygen atoms in total. The van der Waals surface area contributed by atoms with Crippen molar-refractivity contribution in [2.75, 3.05) is 13.1 Å². The quantitative estimate of drug-likeness (QED) is 0.864. The Labute approximate surface area is 144 Å². The summed E-state index contributed by atoms with van der Waals surface area (Å²) in [5, 5.41) is 0. The fourth-order valence-electron chi connectivity index (χ4n) is 4.43. The lowest BCUT2D eigenvalue weighted by atomic mass is 9.72. The van der Waals surface area contributed by atoms with Crippen molar-refractivity contribution in [1.82, 2.24) is 14.9 Å². The third-order valence-electron chi connectivity index (χ3n) is 6.20. The van der Waals surface area contributed by atoms with Gasteiger partial charge in [-0.25, -0.2) is 4.98 Å². The molecule has 3 aliphatic rings. The third kappa shape index (κ3) is 2.97. The van der Waals surface area contributed by atoms with Gasteiger partial charge in [0.25, 0.3) is 5.56 Å². The van der Waals surface area contributed by atoms with Crippen LogP contribution in [0.25, 0.3) is 0 Å². The Morgan fingerprint density at radius 3 is 2.79 bits per heavy atom. The van der Waals surface area contributed by atoms with E-state index in [0.29, 0.717) is 11.3 Å². The minimum Gasteiger partial charge on any atom is -0.310 e. The molecule has 130 valence electrons. The van der Waals surface area contributed by atoms with Crippen LogP contribution in [0.3, 0.4) is 0 Å². The molecule has 1 N–H and O–H groups in total. The summed E-state index contributed by atoms with van der Waals surface area (Å²) < 4.78 is 0. The topological polar surface area (TPSA) is 49.0 Å². The first kappa shape index (κ1) is 16.1. The lowest BCUT2D eigenvalue weighted by Crippen LogP contribution is -2.39. The van der Waals surface area contributed by atoms with Crippen molar-refractivity contribution in [2.24, 2.45) is 5.41 Å². The summed E-state index contributed by atoms with van der Waals surface area (Å²) >= 11 is 0. The molecule has 0 spiro atoms. The molecule has 4 heteroatoms. The van der Waals surface area contributed by atoms with Gasteiger partial charge in [0, 0.05) is 32.0 Å². The number of allylic oxidation sites excluding steroid dienone is 1. The zero-order valence-corrected chi connectivity index (χ0v) is 15.2. The van der Waals surface area contributed by atoms with Crippen LogP contribution in [0.5, 0.6) is 0 Å². The molecule has 0 unspecified atom stereocenters. The summed E-state index contributed by atoms with van der Waals surface area (Å²) in [6, 6.07) is 0. The van der Waals surface area contributed by atoms with Gasteiger partial charge in [0.1, 0.15) is 5.82 Å². The first-order chi connectivity index (χ1) is 11.4. The largest absolute Gasteiger partial charge is 0.310 e. The highest BCUT2D eigenvalue weighted by Gasteiger charge is 2.32. The average Bonchev–Trinajstić information content (AvgIpc) is 3.36. The summed E-state index contributed by atoms with van der Waals surface area (Å²) in [5.74, 6) is 1.44. The van der Waals surface area contributed by atoms with Crippen LogP contribution in [-0.2, 0) is 13.0 Å². The van der Waals surface area contributed by atoms with E-state index in [1.54, 1.807) is 11.1 Å². The van der Waals surface area contributed by atoms with Gasteiger partial charge in [-0.1, -0.05) is 25.0 Å². The van der Waals surface area contributed by atoms with Gasteiger partial charge in [-0.15, -0.1) is 0 Å². The van der Waals surface area contributed by atoms with E-state index >= 15 is 0 Å². The van der Waals surface area contributed by atoms with Crippen molar-refractivity contribution < 1.29 is 0 Å². The van der Waals surface area contributed by atoms with Crippen molar-refractivity contribution in [3.8, 4) is 0 Å². The lowest BCUT2D eigenvalue weighted by molar-refractivity contribution is 0.238. The van der Waals surface area contributed by atoms with Gasteiger partial charge in [-0.2, -0.15) is 0 Å². The van der Waals surface area contributed by atoms with Gasteiger partial charge in [0.2, 0.25) is 0 Å². The number of H-pyrrole nitrogens is 1. The number of nitrogens with one attached hydrogen (secondary N) is 1. The Bertz CT molecular complexity index is 740. The van der Waals surface area contributed by atoms with Crippen LogP contribution in [0.1, 0.15) is 75.9 Å². The van der Waals surface area contributed by atoms with E-state index in [1.165, 1.54) is 32.1 Å². The first-order valence-corrected chi connectivity index (χ1v) is 9.47. The fraction of sp³-hybridized carbons (Fsp3) is 0.700. The molecule has 1 fully saturated rings. The van der Waals surface area contributed by atoms with E-state index in [-0.39, 0.29) is 5.56 Å². The SMILES string of the molecule is CC1=C(CN2CCc3nc(C4CC4)[nH]c(=O)c3C2)C(C)(C)CCC1. The molecule has 0 bridgehead atoms. The summed E-state index contributed by atoms with van der Waals surface area (Å²) in [5.41, 5.74) is 5.50. The Morgan fingerprint density at radius 1 is 1.29 bits per heavy atom. The van der Waals surface area contributed by atoms with Gasteiger partial charge < -0.3 is 4.98 Å². The van der Waals surface area contributed by atoms with Crippen molar-refractivity contribution in [3.63, 3.8) is 0 Å². The van der Waals surface area contributed by atoms with Crippen molar-refractivity contribution in [3.05, 3.63) is 38.6 Å². The van der Waals surface area contributed by atoms with E-state index in [4.69, 9.17) is 4.98 Å². The molecule has 1 aromatic heterocycles. The molecule has 0 radical (unpaired) electrons. The highest BCUT2D eigenvalue weighted by molar-refractivity contribution is 5.27. The molecular weight excluding hydrogens is 298 g/mol. The number of aromatic amines is 1. The number of aromatic nitrogens is 2. The van der Waals surface area contributed by atoms with E-state index in [0.717, 1.165) is 43.1 Å². The Kier molecular flexibility index (Phi) is 3.91. The minimum absolute atomic E-state index is 0.0974. The Morgan fingerprint density at radius 2 is 2.08 bits per heavy atom. The monoisotopic (exact) mass is 327 g/mol. The highest BCUT2D eigenvalue weighted by atomic mass is 16.1. The van der Waals surface area contributed by atoms with Crippen LogP contribution >= 0.6 is 0 Å². The predicted molar refractivity (Wildman–Crippen MR) is 96.1 cm³/mol. The van der Waals surface area contributed by atoms with Crippen LogP contribution < -0.4 is 5.56 Å². The van der Waals surface area contributed by atoms with Crippen LogP contribution in [0, 0.1) is 5.41 Å². The number of rotatable bonds is 3. The molecule has 2 aliphatic carbocycles. The summed E-state index contributed by atoms with van der Waals surface area (Å²) in [6.07, 6.45) is 7.07. The Hall–Kier alpha value is -1.42. The molecule has 0 aromatic carbocycles. The molecule has 1 saturated carbocycles. The van der Waals surface area contributed by atoms with Crippen LogP contribution in [0.4, 0.5) is 0 Å². The normalized spacial score (nSPS) is 24.1. The van der Waals surface area contributed by atoms with E-state index in [1.807, 2.05) is 0 Å². The molecule has 0 amide bonds. The second kappa shape index (κ2) is 5.83. The molecule has 2 heterocycles. The van der Waals surface area contributed by atoms with E-state index < -0.39 is 0 Å². The third-order valence-corrected chi connectivity index (χ3v) is 6.20. The number of hydrogen-bond acceptors (Lipinski definition) is 3. The molecular formula is C20H29N3O. The van der Waals surface area contributed by atoms with Gasteiger partial charge in [-0.3, -0.25) is 9.69 Å². The minimum atomic E-state index is 0.0974. The lowest BCUT2D eigenvalue weighted by Gasteiger charge is -2.38. The molecule has 1 aromatic rings. The maximum absolute atomic E-state index is 12.5. The van der Waals surface area contributed by atoms with E-state index in [9.17, 15) is 4.79 Å². The molecule has 4 rings (SSSR count). The Balaban J connectivity index is 1.55. The second-order valence-corrected chi connectivity index (χ2v) is 8.61. The standard InChI is InChI=1S/C20H29N3O/c1-13-5-4-9-20(2,3)16(13)12-23-10-8-17-15(11-23)19(24)22-18(21-17)14-6-7-14/h14H,4-12H2,1-3H3,(H,21,22,24). The molecule has 0 saturated heterocycles. The van der Waals surface area contributed by atoms with Crippen molar-refractivity contribution in [2.45, 2.75) is 71.8 Å². The average molecular weight is 327 g/mol. The molecule has 24 heavy (non-hydrogen) atoms. The van der Waals surface area contributed by atoms with Gasteiger partial charge in [0.05, 0.1) is 11.3 Å². The van der Waals surface area contributed by atoms with E-state index in [2.05, 4.69) is 30.7 Å². The number of fused-ring (bicyclic) bond motifs is 1. The van der Waals surface area contributed by atoms with Crippen LogP contribution in [0.2, 0.25) is 0 Å². The zero-order valence-electron chi connectivity index (χ0n) is 15.2. The molecule has 0 atom stereocenters. The maximum atomic E-state index is 12.5. The summed E-state index contributed by atoms with van der Waals surface area (Å²) in [4.78, 5) is 22.8. The van der Waals surface area contributed by atoms with Gasteiger partial charge >= 0.3 is 0 Å². The summed E-state index contributed by atoms with van der Waals surface area (Å²) in [7, 11) is 0. The number of hydrogen-bond donors (Lipinski definition) is 1. The van der Waals surface area contributed by atoms with Crippen LogP contribution in [0.15, 0.2) is 15.9 Å². The first-order valence-electron chi connectivity index (χ1n) is 9.47. The van der Waals surface area contributed by atoms with Gasteiger partial charge in [-0.05, 0) is 44.4 Å². The second-order valence-electron chi connectivity index (χ2n) is 8.61.